The van der Waals surface area contributed by atoms with E-state index in [4.69, 9.17) is 9.31 Å². The third kappa shape index (κ3) is 3.67. The number of rotatable bonds is 4. The molecule has 3 N–H and O–H groups in total. The zero-order chi connectivity index (χ0) is 24.1. The average molecular weight is 453 g/mol. The highest BCUT2D eigenvalue weighted by atomic mass is 16.7. The van der Waals surface area contributed by atoms with Gasteiger partial charge in [-0.25, -0.2) is 0 Å². The summed E-state index contributed by atoms with van der Waals surface area (Å²) >= 11 is 0. The van der Waals surface area contributed by atoms with Gasteiger partial charge in [-0.3, -0.25) is 4.79 Å². The molecule has 1 saturated heterocycles. The van der Waals surface area contributed by atoms with Gasteiger partial charge in [0.1, 0.15) is 0 Å². The van der Waals surface area contributed by atoms with Crippen molar-refractivity contribution < 1.29 is 14.1 Å². The lowest BCUT2D eigenvalue weighted by Gasteiger charge is -2.32. The third-order valence-corrected chi connectivity index (χ3v) is 7.13. The molecule has 0 radical (unpaired) electrons. The lowest BCUT2D eigenvalue weighted by Crippen LogP contribution is -2.46. The number of carbonyl (C=O) groups is 1. The van der Waals surface area contributed by atoms with Gasteiger partial charge in [0.2, 0.25) is 5.91 Å². The Hall–Kier alpha value is -3.22. The van der Waals surface area contributed by atoms with E-state index in [0.717, 1.165) is 27.7 Å². The van der Waals surface area contributed by atoms with Crippen LogP contribution in [0.15, 0.2) is 72.2 Å². The normalized spacial score (nSPS) is 18.7. The van der Waals surface area contributed by atoms with Crippen LogP contribution in [-0.4, -0.2) is 38.3 Å². The number of anilines is 2. The second kappa shape index (κ2) is 8.22. The quantitative estimate of drug-likeness (QED) is 0.400. The van der Waals surface area contributed by atoms with Crippen molar-refractivity contribution in [3.05, 3.63) is 77.8 Å². The molecule has 2 aliphatic rings. The molecule has 172 valence electrons. The smallest absolute Gasteiger partial charge is 0.405 e. The van der Waals surface area contributed by atoms with Crippen molar-refractivity contribution in [3.8, 4) is 0 Å². The van der Waals surface area contributed by atoms with Gasteiger partial charge in [-0.15, -0.1) is 0 Å². The number of carbonyl (C=O) groups excluding carboxylic acids is 1. The predicted molar refractivity (Wildman–Crippen MR) is 140 cm³/mol. The van der Waals surface area contributed by atoms with Crippen molar-refractivity contribution in [2.45, 2.75) is 38.9 Å². The summed E-state index contributed by atoms with van der Waals surface area (Å²) in [6, 6.07) is 22.1. The predicted octanol–water partition coefficient (Wildman–Crippen LogP) is 4.54. The van der Waals surface area contributed by atoms with E-state index in [9.17, 15) is 4.79 Å². The van der Waals surface area contributed by atoms with E-state index in [-0.39, 0.29) is 5.91 Å². The van der Waals surface area contributed by atoms with Crippen molar-refractivity contribution in [1.82, 2.24) is 5.32 Å². The zero-order valence-corrected chi connectivity index (χ0v) is 20.2. The van der Waals surface area contributed by atoms with Crippen LogP contribution in [0, 0.1) is 0 Å². The van der Waals surface area contributed by atoms with Crippen LogP contribution in [0.3, 0.4) is 0 Å². The van der Waals surface area contributed by atoms with Crippen LogP contribution in [0.25, 0.3) is 16.2 Å². The van der Waals surface area contributed by atoms with E-state index in [1.54, 1.807) is 7.05 Å². The van der Waals surface area contributed by atoms with Crippen LogP contribution in [0.4, 0.5) is 11.4 Å². The fourth-order valence-electron chi connectivity index (χ4n) is 4.61. The summed E-state index contributed by atoms with van der Waals surface area (Å²) in [5, 5.41) is 12.2. The van der Waals surface area contributed by atoms with E-state index < -0.39 is 25.3 Å². The first-order chi connectivity index (χ1) is 16.2. The highest BCUT2D eigenvalue weighted by molar-refractivity contribution is 6.85. The van der Waals surface area contributed by atoms with E-state index in [0.29, 0.717) is 10.9 Å². The molecule has 0 bridgehead atoms. The average Bonchev–Trinajstić information content (AvgIpc) is 3.04. The molecule has 34 heavy (non-hydrogen) atoms. The Kier molecular flexibility index (Phi) is 5.46. The number of nitrogens with one attached hydrogen (secondary N) is 3. The first kappa shape index (κ1) is 22.6. The van der Waals surface area contributed by atoms with Crippen molar-refractivity contribution in [2.75, 3.05) is 17.5 Å². The van der Waals surface area contributed by atoms with Crippen LogP contribution in [-0.2, 0) is 14.1 Å². The summed E-state index contributed by atoms with van der Waals surface area (Å²) in [5.74, 6) is -0.204. The summed E-state index contributed by atoms with van der Waals surface area (Å²) < 4.78 is 12.9. The van der Waals surface area contributed by atoms with Crippen LogP contribution >= 0.6 is 0 Å². The minimum absolute atomic E-state index is 0.204. The lowest BCUT2D eigenvalue weighted by molar-refractivity contribution is -0.116. The summed E-state index contributed by atoms with van der Waals surface area (Å²) in [4.78, 5) is 13.5. The fourth-order valence-corrected chi connectivity index (χ4v) is 4.61. The molecular weight excluding hydrogens is 424 g/mol. The monoisotopic (exact) mass is 453 g/mol. The third-order valence-electron chi connectivity index (χ3n) is 7.13. The summed E-state index contributed by atoms with van der Waals surface area (Å²) in [7, 11) is 0.934. The molecule has 0 unspecified atom stereocenters. The van der Waals surface area contributed by atoms with Crippen molar-refractivity contribution in [3.63, 3.8) is 0 Å². The Morgan fingerprint density at radius 1 is 0.824 bits per heavy atom. The first-order valence-corrected chi connectivity index (χ1v) is 11.6. The Balaban J connectivity index is 1.70. The van der Waals surface area contributed by atoms with Crippen LogP contribution in [0.5, 0.6) is 0 Å². The summed E-state index contributed by atoms with van der Waals surface area (Å²) in [5.41, 5.74) is 2.96. The maximum atomic E-state index is 13.5. The van der Waals surface area contributed by atoms with Gasteiger partial charge in [0, 0.05) is 29.3 Å². The van der Waals surface area contributed by atoms with Crippen molar-refractivity contribution in [2.24, 2.45) is 0 Å². The standard InChI is InChI=1S/C26H29B2N3O3/c1-25(2)26(3,4)34-28(33-25)22(18-11-7-6-8-12-18)23(24(32)29-5)27-30-19-15-9-13-17-14-10-16-20(31-27)21(17)19/h6-16,30-31H,1-5H3,(H,29,32)/b23-22-. The largest absolute Gasteiger partial charge is 0.495 e. The Bertz CT molecular complexity index is 1230. The summed E-state index contributed by atoms with van der Waals surface area (Å²) in [6.07, 6.45) is 0. The van der Waals surface area contributed by atoms with Gasteiger partial charge in [0.25, 0.3) is 0 Å². The summed E-state index contributed by atoms with van der Waals surface area (Å²) in [6.45, 7) is 7.58. The molecule has 3 aromatic carbocycles. The van der Waals surface area contributed by atoms with Crippen LogP contribution in [0.1, 0.15) is 33.3 Å². The number of hydrogen-bond acceptors (Lipinski definition) is 5. The molecule has 0 atom stereocenters. The topological polar surface area (TPSA) is 71.6 Å². The molecular formula is C26H29B2N3O3. The van der Waals surface area contributed by atoms with Gasteiger partial charge in [0.15, 0.2) is 0 Å². The molecule has 6 nitrogen and oxygen atoms in total. The van der Waals surface area contributed by atoms with Gasteiger partial charge in [-0.1, -0.05) is 54.6 Å². The maximum Gasteiger partial charge on any atom is 0.495 e. The molecule has 2 aliphatic heterocycles. The highest BCUT2D eigenvalue weighted by Crippen LogP contribution is 2.42. The van der Waals surface area contributed by atoms with Gasteiger partial charge >= 0.3 is 14.1 Å². The van der Waals surface area contributed by atoms with E-state index in [2.05, 4.69) is 27.9 Å². The number of amides is 1. The molecule has 1 fully saturated rings. The molecule has 5 rings (SSSR count). The molecule has 8 heteroatoms. The van der Waals surface area contributed by atoms with Gasteiger partial charge in [0.05, 0.1) is 11.2 Å². The lowest BCUT2D eigenvalue weighted by atomic mass is 9.56. The molecule has 3 aromatic rings. The van der Waals surface area contributed by atoms with Gasteiger partial charge < -0.3 is 25.1 Å². The fraction of sp³-hybridized carbons (Fsp3) is 0.269. The van der Waals surface area contributed by atoms with E-state index in [1.807, 2.05) is 82.3 Å². The van der Waals surface area contributed by atoms with Gasteiger partial charge in [-0.2, -0.15) is 0 Å². The van der Waals surface area contributed by atoms with Crippen LogP contribution in [0.2, 0.25) is 0 Å². The van der Waals surface area contributed by atoms with E-state index >= 15 is 0 Å². The maximum absolute atomic E-state index is 13.5. The number of benzene rings is 3. The second-order valence-electron chi connectivity index (χ2n) is 9.79. The SMILES string of the molecule is CNC(=O)/C(B1Nc2cccc3cccc(c23)N1)=C(/B1OC(C)(C)C(C)(C)O1)c1ccccc1. The number of likely N-dealkylation sites (N-methyl/N-ethyl adjacent to an activating group) is 1. The van der Waals surface area contributed by atoms with Crippen LogP contribution < -0.4 is 15.8 Å². The van der Waals surface area contributed by atoms with Gasteiger partial charge in [-0.05, 0) is 56.2 Å². The van der Waals surface area contributed by atoms with Crippen molar-refractivity contribution in [1.29, 1.82) is 0 Å². The molecule has 0 aliphatic carbocycles. The molecule has 0 aromatic heterocycles. The minimum Gasteiger partial charge on any atom is -0.405 e. The minimum atomic E-state index is -0.712. The Morgan fingerprint density at radius 2 is 1.38 bits per heavy atom. The molecule has 0 saturated carbocycles. The first-order valence-electron chi connectivity index (χ1n) is 11.6. The second-order valence-corrected chi connectivity index (χ2v) is 9.79. The Labute approximate surface area is 201 Å². The van der Waals surface area contributed by atoms with Crippen molar-refractivity contribution >= 4 is 47.6 Å². The number of hydrogen-bond donors (Lipinski definition) is 3. The highest BCUT2D eigenvalue weighted by Gasteiger charge is 2.54. The molecule has 1 amide bonds. The van der Waals surface area contributed by atoms with E-state index in [1.165, 1.54) is 0 Å². The molecule has 0 spiro atoms. The molecule has 2 heterocycles. The zero-order valence-electron chi connectivity index (χ0n) is 20.2. The Morgan fingerprint density at radius 3 is 1.91 bits per heavy atom.